The quantitative estimate of drug-likeness (QED) is 0.529. The van der Waals surface area contributed by atoms with E-state index in [0.29, 0.717) is 0 Å². The highest BCUT2D eigenvalue weighted by Gasteiger charge is 2.04. The zero-order valence-corrected chi connectivity index (χ0v) is 6.95. The number of allylic oxidation sites excluding steroid dienone is 3. The van der Waals surface area contributed by atoms with Gasteiger partial charge in [-0.3, -0.25) is 0 Å². The molecule has 58 valence electrons. The summed E-state index contributed by atoms with van der Waals surface area (Å²) < 4.78 is 13.0. The van der Waals surface area contributed by atoms with Crippen molar-refractivity contribution in [3.63, 3.8) is 0 Å². The third kappa shape index (κ3) is 2.34. The van der Waals surface area contributed by atoms with Crippen LogP contribution in [0.5, 0.6) is 0 Å². The smallest absolute Gasteiger partial charge is 0.106 e. The topological polar surface area (TPSA) is 0 Å². The van der Waals surface area contributed by atoms with Gasteiger partial charge in [0, 0.05) is 5.92 Å². The summed E-state index contributed by atoms with van der Waals surface area (Å²) in [6, 6.07) is 0. The molecule has 0 aliphatic rings. The summed E-state index contributed by atoms with van der Waals surface area (Å²) in [4.78, 5) is 0. The van der Waals surface area contributed by atoms with Gasteiger partial charge >= 0.3 is 0 Å². The molecule has 1 heteroatoms. The van der Waals surface area contributed by atoms with Crippen LogP contribution >= 0.6 is 0 Å². The van der Waals surface area contributed by atoms with Gasteiger partial charge in [-0.15, -0.1) is 0 Å². The lowest BCUT2D eigenvalue weighted by Gasteiger charge is -2.04. The molecule has 0 bridgehead atoms. The second-order valence-corrected chi connectivity index (χ2v) is 2.59. The Morgan fingerprint density at radius 2 is 2.10 bits per heavy atom. The molecule has 0 saturated carbocycles. The number of hydrogen-bond donors (Lipinski definition) is 0. The van der Waals surface area contributed by atoms with E-state index in [2.05, 4.69) is 6.58 Å². The van der Waals surface area contributed by atoms with E-state index >= 15 is 0 Å². The molecule has 0 saturated heterocycles. The van der Waals surface area contributed by atoms with Crippen molar-refractivity contribution in [2.75, 3.05) is 0 Å². The fourth-order valence-corrected chi connectivity index (χ4v) is 0.782. The van der Waals surface area contributed by atoms with E-state index in [9.17, 15) is 4.39 Å². The predicted molar refractivity (Wildman–Crippen MR) is 43.5 cm³/mol. The van der Waals surface area contributed by atoms with Gasteiger partial charge in [-0.05, 0) is 12.0 Å². The fourth-order valence-electron chi connectivity index (χ4n) is 0.782. The highest BCUT2D eigenvalue weighted by Crippen LogP contribution is 2.18. The molecule has 0 spiro atoms. The van der Waals surface area contributed by atoms with Crippen LogP contribution in [0.3, 0.4) is 0 Å². The third-order valence-corrected chi connectivity index (χ3v) is 1.44. The summed E-state index contributed by atoms with van der Waals surface area (Å²) in [7, 11) is 0. The van der Waals surface area contributed by atoms with Crippen LogP contribution < -0.4 is 0 Å². The summed E-state index contributed by atoms with van der Waals surface area (Å²) in [5.41, 5.74) is 0.731. The molecule has 10 heavy (non-hydrogen) atoms. The average Bonchev–Trinajstić information content (AvgIpc) is 1.90. The average molecular weight is 142 g/mol. The maximum absolute atomic E-state index is 13.0. The first kappa shape index (κ1) is 9.41. The molecule has 0 aromatic rings. The van der Waals surface area contributed by atoms with E-state index in [4.69, 9.17) is 0 Å². The SMILES string of the molecule is C=C/C(CC)=C(/F)C(C)C. The molecule has 0 aliphatic heterocycles. The standard InChI is InChI=1S/C9H15F/c1-5-8(6-2)9(10)7(3)4/h5,7H,1,6H2,2-4H3/b9-8-. The van der Waals surface area contributed by atoms with Gasteiger partial charge in [0.05, 0.1) is 0 Å². The van der Waals surface area contributed by atoms with E-state index in [-0.39, 0.29) is 11.7 Å². The van der Waals surface area contributed by atoms with Crippen LogP contribution in [0.1, 0.15) is 27.2 Å². The monoisotopic (exact) mass is 142 g/mol. The van der Waals surface area contributed by atoms with Crippen molar-refractivity contribution < 1.29 is 4.39 Å². The molecule has 0 rings (SSSR count). The molecular weight excluding hydrogens is 127 g/mol. The predicted octanol–water partition coefficient (Wildman–Crippen LogP) is 3.46. The van der Waals surface area contributed by atoms with Crippen molar-refractivity contribution in [3.8, 4) is 0 Å². The molecule has 0 nitrogen and oxygen atoms in total. The molecule has 0 aromatic carbocycles. The van der Waals surface area contributed by atoms with Crippen LogP contribution in [-0.2, 0) is 0 Å². The summed E-state index contributed by atoms with van der Waals surface area (Å²) in [5, 5.41) is 0. The first-order valence-corrected chi connectivity index (χ1v) is 3.64. The molecule has 0 heterocycles. The Hall–Kier alpha value is -0.590. The van der Waals surface area contributed by atoms with Crippen LogP contribution in [0.15, 0.2) is 24.1 Å². The van der Waals surface area contributed by atoms with Crippen LogP contribution in [0, 0.1) is 5.92 Å². The summed E-state index contributed by atoms with van der Waals surface area (Å²) in [6.07, 6.45) is 2.32. The van der Waals surface area contributed by atoms with Gasteiger partial charge in [-0.2, -0.15) is 0 Å². The number of halogens is 1. The zero-order chi connectivity index (χ0) is 8.15. The van der Waals surface area contributed by atoms with Crippen molar-refractivity contribution in [2.45, 2.75) is 27.2 Å². The number of hydrogen-bond acceptors (Lipinski definition) is 0. The fraction of sp³-hybridized carbons (Fsp3) is 0.556. The minimum Gasteiger partial charge on any atom is -0.211 e. The van der Waals surface area contributed by atoms with Crippen molar-refractivity contribution in [1.82, 2.24) is 0 Å². The molecule has 0 amide bonds. The molecular formula is C9H15F. The van der Waals surface area contributed by atoms with Crippen molar-refractivity contribution in [2.24, 2.45) is 5.92 Å². The Labute approximate surface area is 62.4 Å². The van der Waals surface area contributed by atoms with Gasteiger partial charge in [0.2, 0.25) is 0 Å². The summed E-state index contributed by atoms with van der Waals surface area (Å²) in [5.74, 6) is -0.0366. The van der Waals surface area contributed by atoms with E-state index in [1.165, 1.54) is 0 Å². The van der Waals surface area contributed by atoms with E-state index in [0.717, 1.165) is 12.0 Å². The van der Waals surface area contributed by atoms with E-state index in [1.54, 1.807) is 6.08 Å². The summed E-state index contributed by atoms with van der Waals surface area (Å²) >= 11 is 0. The normalized spacial score (nSPS) is 13.3. The van der Waals surface area contributed by atoms with Gasteiger partial charge < -0.3 is 0 Å². The van der Waals surface area contributed by atoms with Crippen LogP contribution in [0.25, 0.3) is 0 Å². The van der Waals surface area contributed by atoms with E-state index in [1.807, 2.05) is 20.8 Å². The highest BCUT2D eigenvalue weighted by atomic mass is 19.1. The molecule has 0 fully saturated rings. The Kier molecular flexibility index (Phi) is 4.01. The molecule has 0 radical (unpaired) electrons. The van der Waals surface area contributed by atoms with Crippen LogP contribution in [-0.4, -0.2) is 0 Å². The third-order valence-electron chi connectivity index (χ3n) is 1.44. The second kappa shape index (κ2) is 4.26. The molecule has 0 aliphatic carbocycles. The van der Waals surface area contributed by atoms with Crippen molar-refractivity contribution >= 4 is 0 Å². The minimum absolute atomic E-state index is 0.00653. The second-order valence-electron chi connectivity index (χ2n) is 2.59. The maximum atomic E-state index is 13.0. The lowest BCUT2D eigenvalue weighted by molar-refractivity contribution is 0.509. The maximum Gasteiger partial charge on any atom is 0.106 e. The Bertz CT molecular complexity index is 143. The van der Waals surface area contributed by atoms with Gasteiger partial charge in [0.15, 0.2) is 0 Å². The highest BCUT2D eigenvalue weighted by molar-refractivity contribution is 5.20. The Morgan fingerprint density at radius 1 is 1.60 bits per heavy atom. The largest absolute Gasteiger partial charge is 0.211 e. The van der Waals surface area contributed by atoms with Gasteiger partial charge in [-0.1, -0.05) is 33.4 Å². The van der Waals surface area contributed by atoms with E-state index < -0.39 is 0 Å². The zero-order valence-electron chi connectivity index (χ0n) is 6.95. The Morgan fingerprint density at radius 3 is 2.20 bits per heavy atom. The van der Waals surface area contributed by atoms with Gasteiger partial charge in [0.25, 0.3) is 0 Å². The van der Waals surface area contributed by atoms with Crippen LogP contribution in [0.2, 0.25) is 0 Å². The van der Waals surface area contributed by atoms with Crippen LogP contribution in [0.4, 0.5) is 4.39 Å². The number of rotatable bonds is 3. The summed E-state index contributed by atoms with van der Waals surface area (Å²) in [6.45, 7) is 9.15. The molecule has 0 N–H and O–H groups in total. The minimum atomic E-state index is -0.0301. The molecule has 0 aromatic heterocycles. The first-order valence-electron chi connectivity index (χ1n) is 3.64. The van der Waals surface area contributed by atoms with Gasteiger partial charge in [0.1, 0.15) is 5.83 Å². The Balaban J connectivity index is 4.42. The molecule has 0 atom stereocenters. The van der Waals surface area contributed by atoms with Gasteiger partial charge in [-0.25, -0.2) is 4.39 Å². The van der Waals surface area contributed by atoms with Crippen molar-refractivity contribution in [3.05, 3.63) is 24.1 Å². The molecule has 0 unspecified atom stereocenters. The lowest BCUT2D eigenvalue weighted by atomic mass is 10.1. The first-order chi connectivity index (χ1) is 4.63. The van der Waals surface area contributed by atoms with Crippen molar-refractivity contribution in [1.29, 1.82) is 0 Å². The lowest BCUT2D eigenvalue weighted by Crippen LogP contribution is -1.91.